The average molecular weight is 280 g/mol. The van der Waals surface area contributed by atoms with Crippen LogP contribution in [-0.2, 0) is 14.8 Å². The molecule has 1 aromatic heterocycles. The molecular formula is C11H12N4O3S. The van der Waals surface area contributed by atoms with Crippen LogP contribution in [0.5, 0.6) is 0 Å². The standard InChI is InChI=1S/C11H12N4O3S/c12-3-8-1-10(5-14-4-8)15-6-9(2-11(15)16)7-19(13,17)18/h1,4-5,9H,2,6-7H2,(H2,13,17,18). The highest BCUT2D eigenvalue weighted by atomic mass is 32.2. The Bertz CT molecular complexity index is 650. The number of hydrogen-bond acceptors (Lipinski definition) is 5. The van der Waals surface area contributed by atoms with E-state index in [-0.39, 0.29) is 30.5 Å². The summed E-state index contributed by atoms with van der Waals surface area (Å²) >= 11 is 0. The monoisotopic (exact) mass is 280 g/mol. The fraction of sp³-hybridized carbons (Fsp3) is 0.364. The second-order valence-corrected chi connectivity index (χ2v) is 6.11. The number of carbonyl (C=O) groups is 1. The number of amides is 1. The fourth-order valence-electron chi connectivity index (χ4n) is 2.11. The summed E-state index contributed by atoms with van der Waals surface area (Å²) < 4.78 is 22.1. The number of nitrogens with two attached hydrogens (primary N) is 1. The third kappa shape index (κ3) is 3.27. The van der Waals surface area contributed by atoms with E-state index < -0.39 is 10.0 Å². The molecule has 2 N–H and O–H groups in total. The highest BCUT2D eigenvalue weighted by Gasteiger charge is 2.33. The predicted octanol–water partition coefficient (Wildman–Crippen LogP) is -0.405. The van der Waals surface area contributed by atoms with Crippen molar-refractivity contribution < 1.29 is 13.2 Å². The molecule has 0 aromatic carbocycles. The van der Waals surface area contributed by atoms with E-state index >= 15 is 0 Å². The van der Waals surface area contributed by atoms with Crippen molar-refractivity contribution in [2.45, 2.75) is 6.42 Å². The van der Waals surface area contributed by atoms with Crippen LogP contribution in [0.3, 0.4) is 0 Å². The summed E-state index contributed by atoms with van der Waals surface area (Å²) in [5.74, 6) is -0.737. The molecule has 1 atom stereocenters. The molecule has 1 aliphatic rings. The lowest BCUT2D eigenvalue weighted by Gasteiger charge is -2.16. The van der Waals surface area contributed by atoms with Crippen LogP contribution in [0.25, 0.3) is 0 Å². The lowest BCUT2D eigenvalue weighted by molar-refractivity contribution is -0.117. The third-order valence-electron chi connectivity index (χ3n) is 2.84. The maximum Gasteiger partial charge on any atom is 0.227 e. The number of primary sulfonamides is 1. The van der Waals surface area contributed by atoms with Crippen molar-refractivity contribution in [3.8, 4) is 6.07 Å². The summed E-state index contributed by atoms with van der Waals surface area (Å²) in [6.07, 6.45) is 3.00. The number of carbonyl (C=O) groups excluding carboxylic acids is 1. The normalized spacial score (nSPS) is 19.5. The van der Waals surface area contributed by atoms with Crippen molar-refractivity contribution in [2.75, 3.05) is 17.2 Å². The van der Waals surface area contributed by atoms with Gasteiger partial charge in [-0.2, -0.15) is 5.26 Å². The van der Waals surface area contributed by atoms with Crippen LogP contribution in [0, 0.1) is 17.2 Å². The van der Waals surface area contributed by atoms with Crippen molar-refractivity contribution in [1.29, 1.82) is 5.26 Å². The Hall–Kier alpha value is -1.98. The number of nitriles is 1. The van der Waals surface area contributed by atoms with Gasteiger partial charge in [0, 0.05) is 25.1 Å². The zero-order valence-corrected chi connectivity index (χ0v) is 10.8. The van der Waals surface area contributed by atoms with Gasteiger partial charge >= 0.3 is 0 Å². The van der Waals surface area contributed by atoms with E-state index in [1.54, 1.807) is 6.07 Å². The van der Waals surface area contributed by atoms with Gasteiger partial charge in [-0.25, -0.2) is 13.6 Å². The summed E-state index contributed by atoms with van der Waals surface area (Å²) in [6.45, 7) is 0.270. The molecule has 1 aromatic rings. The van der Waals surface area contributed by atoms with Crippen molar-refractivity contribution in [2.24, 2.45) is 11.1 Å². The topological polar surface area (TPSA) is 117 Å². The molecule has 1 aliphatic heterocycles. The largest absolute Gasteiger partial charge is 0.311 e. The second-order valence-electron chi connectivity index (χ2n) is 4.45. The maximum atomic E-state index is 11.9. The van der Waals surface area contributed by atoms with Gasteiger partial charge in [0.15, 0.2) is 0 Å². The van der Waals surface area contributed by atoms with Crippen LogP contribution < -0.4 is 10.0 Å². The molecule has 100 valence electrons. The van der Waals surface area contributed by atoms with Gasteiger partial charge < -0.3 is 4.90 Å². The lowest BCUT2D eigenvalue weighted by atomic mass is 10.1. The van der Waals surface area contributed by atoms with Crippen LogP contribution in [0.4, 0.5) is 5.69 Å². The smallest absolute Gasteiger partial charge is 0.227 e. The Balaban J connectivity index is 2.18. The highest BCUT2D eigenvalue weighted by molar-refractivity contribution is 7.89. The summed E-state index contributed by atoms with van der Waals surface area (Å²) in [5.41, 5.74) is 0.848. The first kappa shape index (κ1) is 13.5. The van der Waals surface area contributed by atoms with Crippen molar-refractivity contribution in [3.05, 3.63) is 24.0 Å². The van der Waals surface area contributed by atoms with Gasteiger partial charge in [0.2, 0.25) is 15.9 Å². The van der Waals surface area contributed by atoms with E-state index in [2.05, 4.69) is 4.98 Å². The van der Waals surface area contributed by atoms with Crippen LogP contribution in [-0.4, -0.2) is 31.6 Å². The van der Waals surface area contributed by atoms with E-state index in [9.17, 15) is 13.2 Å². The summed E-state index contributed by atoms with van der Waals surface area (Å²) in [6, 6.07) is 3.48. The predicted molar refractivity (Wildman–Crippen MR) is 67.4 cm³/mol. The SMILES string of the molecule is N#Cc1cncc(N2CC(CS(N)(=O)=O)CC2=O)c1. The summed E-state index contributed by atoms with van der Waals surface area (Å²) in [5, 5.41) is 13.8. The van der Waals surface area contributed by atoms with Crippen LogP contribution in [0.1, 0.15) is 12.0 Å². The average Bonchev–Trinajstić information content (AvgIpc) is 2.68. The summed E-state index contributed by atoms with van der Waals surface area (Å²) in [7, 11) is -3.60. The van der Waals surface area contributed by atoms with Crippen LogP contribution in [0.15, 0.2) is 18.5 Å². The first-order valence-corrected chi connectivity index (χ1v) is 7.26. The van der Waals surface area contributed by atoms with E-state index in [1.165, 1.54) is 17.3 Å². The minimum Gasteiger partial charge on any atom is -0.311 e. The molecule has 0 spiro atoms. The first-order valence-electron chi connectivity index (χ1n) is 5.55. The van der Waals surface area contributed by atoms with E-state index in [1.807, 2.05) is 6.07 Å². The Morgan fingerprint density at radius 1 is 1.53 bits per heavy atom. The van der Waals surface area contributed by atoms with Gasteiger partial charge in [-0.15, -0.1) is 0 Å². The molecule has 0 bridgehead atoms. The molecule has 1 amide bonds. The fourth-order valence-corrected chi connectivity index (χ4v) is 2.99. The minimum atomic E-state index is -3.60. The quantitative estimate of drug-likeness (QED) is 0.808. The van der Waals surface area contributed by atoms with Crippen LogP contribution >= 0.6 is 0 Å². The molecular weight excluding hydrogens is 268 g/mol. The first-order chi connectivity index (χ1) is 8.89. The van der Waals surface area contributed by atoms with Crippen molar-refractivity contribution in [3.63, 3.8) is 0 Å². The molecule has 0 aliphatic carbocycles. The van der Waals surface area contributed by atoms with E-state index in [0.29, 0.717) is 11.3 Å². The highest BCUT2D eigenvalue weighted by Crippen LogP contribution is 2.25. The molecule has 0 saturated carbocycles. The van der Waals surface area contributed by atoms with Gasteiger partial charge in [0.25, 0.3) is 0 Å². The molecule has 1 fully saturated rings. The minimum absolute atomic E-state index is 0.132. The molecule has 0 radical (unpaired) electrons. The number of pyridine rings is 1. The lowest BCUT2D eigenvalue weighted by Crippen LogP contribution is -2.27. The van der Waals surface area contributed by atoms with E-state index in [4.69, 9.17) is 10.4 Å². The van der Waals surface area contributed by atoms with Crippen LogP contribution in [0.2, 0.25) is 0 Å². The van der Waals surface area contributed by atoms with E-state index in [0.717, 1.165) is 0 Å². The number of sulfonamides is 1. The Kier molecular flexibility index (Phi) is 3.50. The van der Waals surface area contributed by atoms with Gasteiger partial charge in [-0.05, 0) is 6.07 Å². The Labute approximate surface area is 110 Å². The Morgan fingerprint density at radius 3 is 2.89 bits per heavy atom. The molecule has 1 saturated heterocycles. The Morgan fingerprint density at radius 2 is 2.26 bits per heavy atom. The molecule has 19 heavy (non-hydrogen) atoms. The number of rotatable bonds is 3. The molecule has 7 nitrogen and oxygen atoms in total. The number of anilines is 1. The zero-order chi connectivity index (χ0) is 14.0. The van der Waals surface area contributed by atoms with Gasteiger partial charge in [-0.1, -0.05) is 0 Å². The second kappa shape index (κ2) is 4.95. The maximum absolute atomic E-state index is 11.9. The number of hydrogen-bond donors (Lipinski definition) is 1. The molecule has 2 rings (SSSR count). The van der Waals surface area contributed by atoms with Crippen molar-refractivity contribution >= 4 is 21.6 Å². The molecule has 2 heterocycles. The molecule has 1 unspecified atom stereocenters. The molecule has 8 heteroatoms. The zero-order valence-electron chi connectivity index (χ0n) is 9.98. The number of nitrogens with zero attached hydrogens (tertiary/aromatic N) is 3. The summed E-state index contributed by atoms with van der Waals surface area (Å²) in [4.78, 5) is 17.2. The van der Waals surface area contributed by atoms with Gasteiger partial charge in [0.1, 0.15) is 6.07 Å². The number of aromatic nitrogens is 1. The third-order valence-corrected chi connectivity index (χ3v) is 3.77. The van der Waals surface area contributed by atoms with Gasteiger partial charge in [0.05, 0.1) is 23.2 Å². The van der Waals surface area contributed by atoms with Crippen molar-refractivity contribution in [1.82, 2.24) is 4.98 Å². The van der Waals surface area contributed by atoms with Gasteiger partial charge in [-0.3, -0.25) is 9.78 Å².